The van der Waals surface area contributed by atoms with E-state index in [2.05, 4.69) is 91.9 Å². The highest BCUT2D eigenvalue weighted by Crippen LogP contribution is 2.38. The Morgan fingerprint density at radius 3 is 1.76 bits per heavy atom. The van der Waals surface area contributed by atoms with Crippen LogP contribution in [0.15, 0.2) is 47.1 Å². The van der Waals surface area contributed by atoms with Gasteiger partial charge < -0.3 is 23.4 Å². The molecule has 0 atom stereocenters. The fourth-order valence-electron chi connectivity index (χ4n) is 3.56. The summed E-state index contributed by atoms with van der Waals surface area (Å²) in [5.74, 6) is 1.52. The lowest BCUT2D eigenvalue weighted by Gasteiger charge is -2.36. The molecule has 1 aromatic carbocycles. The quantitative estimate of drug-likeness (QED) is 0.111. The highest BCUT2D eigenvalue weighted by atomic mass is 28.4. The van der Waals surface area contributed by atoms with E-state index in [-0.39, 0.29) is 18.6 Å². The molecule has 6 heteroatoms. The van der Waals surface area contributed by atoms with Crippen molar-refractivity contribution in [2.24, 2.45) is 0 Å². The normalized spacial score (nSPS) is 13.0. The first-order valence-corrected chi connectivity index (χ1v) is 16.7. The Bertz CT molecular complexity index is 905. The van der Waals surface area contributed by atoms with Crippen molar-refractivity contribution in [3.05, 3.63) is 58.2 Å². The van der Waals surface area contributed by atoms with Crippen molar-refractivity contribution >= 4 is 8.32 Å². The molecule has 0 spiro atoms. The molecule has 0 unspecified atom stereocenters. The van der Waals surface area contributed by atoms with Crippen LogP contribution in [0.3, 0.4) is 0 Å². The van der Waals surface area contributed by atoms with E-state index < -0.39 is 8.32 Å². The van der Waals surface area contributed by atoms with Crippen molar-refractivity contribution in [3.8, 4) is 11.5 Å². The van der Waals surface area contributed by atoms with Gasteiger partial charge in [0.2, 0.25) is 0 Å². The molecule has 216 valence electrons. The fourth-order valence-corrected chi connectivity index (χ4v) is 4.52. The lowest BCUT2D eigenvalue weighted by atomic mass is 10.0. The minimum Gasteiger partial charge on any atom is -0.467 e. The fraction of sp³-hybridized carbons (Fsp3) is 0.625. The SMILES string of the molecule is COCOc1cc(CO[Si](C)(C)C(C)(C)C)cc(OCOC)c1C/C=C(\C)CC/C=C(\C)CCC=C(C)C. The highest BCUT2D eigenvalue weighted by molar-refractivity contribution is 6.74. The number of ether oxygens (including phenoxy) is 4. The molecule has 1 rings (SSSR count). The minimum atomic E-state index is -1.90. The van der Waals surface area contributed by atoms with Gasteiger partial charge in [0, 0.05) is 19.8 Å². The van der Waals surface area contributed by atoms with E-state index in [1.807, 2.05) is 0 Å². The molecule has 0 bridgehead atoms. The second-order valence-electron chi connectivity index (χ2n) is 11.9. The number of allylic oxidation sites excluding steroid dienone is 6. The van der Waals surface area contributed by atoms with Crippen molar-refractivity contribution in [3.63, 3.8) is 0 Å². The van der Waals surface area contributed by atoms with Crippen molar-refractivity contribution in [2.45, 2.75) is 105 Å². The molecule has 5 nitrogen and oxygen atoms in total. The summed E-state index contributed by atoms with van der Waals surface area (Å²) in [6.45, 7) is 20.9. The van der Waals surface area contributed by atoms with Crippen LogP contribution in [0.1, 0.15) is 85.3 Å². The van der Waals surface area contributed by atoms with Crippen molar-refractivity contribution < 1.29 is 23.4 Å². The van der Waals surface area contributed by atoms with Crippen molar-refractivity contribution in [1.29, 1.82) is 0 Å². The maximum atomic E-state index is 6.48. The molecule has 0 aliphatic heterocycles. The molecular weight excluding hydrogens is 492 g/mol. The van der Waals surface area contributed by atoms with Crippen LogP contribution in [0, 0.1) is 0 Å². The number of methoxy groups -OCH3 is 2. The Hall–Kier alpha value is -1.86. The van der Waals surface area contributed by atoms with Crippen LogP contribution in [0.2, 0.25) is 18.1 Å². The summed E-state index contributed by atoms with van der Waals surface area (Å²) in [6, 6.07) is 4.12. The topological polar surface area (TPSA) is 46.2 Å². The summed E-state index contributed by atoms with van der Waals surface area (Å²) in [5, 5.41) is 0.138. The first kappa shape index (κ1) is 34.2. The van der Waals surface area contributed by atoms with Gasteiger partial charge in [-0.1, -0.05) is 55.7 Å². The van der Waals surface area contributed by atoms with E-state index in [0.29, 0.717) is 13.0 Å². The molecule has 0 amide bonds. The molecule has 1 aromatic rings. The predicted octanol–water partition coefficient (Wildman–Crippen LogP) is 9.14. The van der Waals surface area contributed by atoms with Crippen LogP contribution in [0.4, 0.5) is 0 Å². The summed E-state index contributed by atoms with van der Waals surface area (Å²) >= 11 is 0. The zero-order chi connectivity index (χ0) is 28.8. The third-order valence-electron chi connectivity index (χ3n) is 7.08. The lowest BCUT2D eigenvalue weighted by molar-refractivity contribution is 0.0446. The summed E-state index contributed by atoms with van der Waals surface area (Å²) < 4.78 is 29.0. The maximum absolute atomic E-state index is 6.48. The first-order chi connectivity index (χ1) is 17.8. The number of benzene rings is 1. The lowest BCUT2D eigenvalue weighted by Crippen LogP contribution is -2.40. The molecule has 0 saturated heterocycles. The zero-order valence-electron chi connectivity index (χ0n) is 26.1. The van der Waals surface area contributed by atoms with Crippen molar-refractivity contribution in [2.75, 3.05) is 27.8 Å². The van der Waals surface area contributed by atoms with Gasteiger partial charge in [0.05, 0.1) is 6.61 Å². The van der Waals surface area contributed by atoms with E-state index in [0.717, 1.165) is 48.3 Å². The Morgan fingerprint density at radius 1 is 0.789 bits per heavy atom. The van der Waals surface area contributed by atoms with Gasteiger partial charge in [0.1, 0.15) is 11.5 Å². The van der Waals surface area contributed by atoms with Crippen LogP contribution < -0.4 is 9.47 Å². The molecule has 0 radical (unpaired) electrons. The Balaban J connectivity index is 3.08. The van der Waals surface area contributed by atoms with E-state index in [9.17, 15) is 0 Å². The third kappa shape index (κ3) is 12.8. The molecule has 0 N–H and O–H groups in total. The molecular formula is C32H54O5Si. The Morgan fingerprint density at radius 2 is 1.29 bits per heavy atom. The molecule has 38 heavy (non-hydrogen) atoms. The molecule has 0 heterocycles. The van der Waals surface area contributed by atoms with E-state index in [1.54, 1.807) is 14.2 Å². The maximum Gasteiger partial charge on any atom is 0.192 e. The van der Waals surface area contributed by atoms with Gasteiger partial charge in [0.15, 0.2) is 21.9 Å². The average molecular weight is 547 g/mol. The number of rotatable bonds is 17. The standard InChI is InChI=1S/C32H54O5Si/c1-25(2)14-12-15-26(3)16-13-17-27(4)18-19-29-30(35-23-33-8)20-28(21-31(29)36-24-34-9)22-37-38(10,11)32(5,6)7/h14,16,18,20-21H,12-13,15,17,19,22-24H2,1-11H3/b26-16+,27-18+. The van der Waals surface area contributed by atoms with Crippen LogP contribution in [-0.2, 0) is 26.9 Å². The second-order valence-corrected chi connectivity index (χ2v) is 16.7. The van der Waals surface area contributed by atoms with Gasteiger partial charge in [-0.15, -0.1) is 0 Å². The van der Waals surface area contributed by atoms with Crippen LogP contribution in [0.25, 0.3) is 0 Å². The van der Waals surface area contributed by atoms with E-state index in [4.69, 9.17) is 23.4 Å². The minimum absolute atomic E-state index is 0.138. The summed E-state index contributed by atoms with van der Waals surface area (Å²) in [4.78, 5) is 0. The Kier molecular flexibility index (Phi) is 15.2. The smallest absolute Gasteiger partial charge is 0.192 e. The monoisotopic (exact) mass is 546 g/mol. The van der Waals surface area contributed by atoms with Gasteiger partial charge in [-0.2, -0.15) is 0 Å². The van der Waals surface area contributed by atoms with Gasteiger partial charge in [-0.05, 0) is 95.6 Å². The first-order valence-electron chi connectivity index (χ1n) is 13.8. The van der Waals surface area contributed by atoms with Gasteiger partial charge >= 0.3 is 0 Å². The molecule has 0 aliphatic carbocycles. The second kappa shape index (κ2) is 17.0. The van der Waals surface area contributed by atoms with Crippen LogP contribution in [-0.4, -0.2) is 36.1 Å². The Labute approximate surface area is 234 Å². The molecule has 0 saturated carbocycles. The largest absolute Gasteiger partial charge is 0.467 e. The van der Waals surface area contributed by atoms with E-state index in [1.165, 1.54) is 16.7 Å². The zero-order valence-corrected chi connectivity index (χ0v) is 27.1. The number of hydrogen-bond acceptors (Lipinski definition) is 5. The number of hydrogen-bond donors (Lipinski definition) is 0. The average Bonchev–Trinajstić information content (AvgIpc) is 2.83. The highest BCUT2D eigenvalue weighted by Gasteiger charge is 2.37. The summed E-state index contributed by atoms with van der Waals surface area (Å²) in [7, 11) is 1.36. The van der Waals surface area contributed by atoms with Crippen LogP contribution >= 0.6 is 0 Å². The van der Waals surface area contributed by atoms with Crippen molar-refractivity contribution in [1.82, 2.24) is 0 Å². The molecule has 0 aliphatic rings. The van der Waals surface area contributed by atoms with Gasteiger partial charge in [-0.3, -0.25) is 0 Å². The van der Waals surface area contributed by atoms with E-state index >= 15 is 0 Å². The molecule has 0 aromatic heterocycles. The molecule has 0 fully saturated rings. The predicted molar refractivity (Wildman–Crippen MR) is 163 cm³/mol. The van der Waals surface area contributed by atoms with Crippen LogP contribution in [0.5, 0.6) is 11.5 Å². The third-order valence-corrected chi connectivity index (χ3v) is 11.6. The van der Waals surface area contributed by atoms with Gasteiger partial charge in [0.25, 0.3) is 0 Å². The summed E-state index contributed by atoms with van der Waals surface area (Å²) in [6.07, 6.45) is 12.0. The summed E-state index contributed by atoms with van der Waals surface area (Å²) in [5.41, 5.74) is 6.19. The van der Waals surface area contributed by atoms with Gasteiger partial charge in [-0.25, -0.2) is 0 Å².